The van der Waals surface area contributed by atoms with Gasteiger partial charge < -0.3 is 0 Å². The fraction of sp³-hybridized carbons (Fsp3) is 0.154. The normalized spacial score (nSPS) is 15.8. The highest BCUT2D eigenvalue weighted by molar-refractivity contribution is 7.98. The van der Waals surface area contributed by atoms with E-state index in [9.17, 15) is 9.18 Å². The number of halogens is 1. The zero-order chi connectivity index (χ0) is 22.4. The van der Waals surface area contributed by atoms with E-state index in [1.165, 1.54) is 28.5 Å². The second-order valence-electron chi connectivity index (χ2n) is 8.25. The Morgan fingerprint density at radius 3 is 2.67 bits per heavy atom. The zero-order valence-electron chi connectivity index (χ0n) is 17.6. The summed E-state index contributed by atoms with van der Waals surface area (Å²) in [6.45, 7) is 0. The van der Waals surface area contributed by atoms with Crippen molar-refractivity contribution in [2.45, 2.75) is 29.7 Å². The maximum atomic E-state index is 13.3. The van der Waals surface area contributed by atoms with Gasteiger partial charge in [0.1, 0.15) is 5.82 Å². The maximum Gasteiger partial charge on any atom is 0.253 e. The van der Waals surface area contributed by atoms with Crippen LogP contribution < -0.4 is 0 Å². The molecular weight excluding hydrogens is 435 g/mol. The number of rotatable bonds is 4. The lowest BCUT2D eigenvalue weighted by atomic mass is 9.82. The van der Waals surface area contributed by atoms with E-state index < -0.39 is 0 Å². The Bertz CT molecular complexity index is 1510. The van der Waals surface area contributed by atoms with Gasteiger partial charge in [0, 0.05) is 18.4 Å². The molecule has 0 radical (unpaired) electrons. The van der Waals surface area contributed by atoms with Crippen molar-refractivity contribution in [2.75, 3.05) is 0 Å². The number of Topliss-reactive ketones (excluding diaryl/α,β-unsaturated/α-hetero) is 1. The summed E-state index contributed by atoms with van der Waals surface area (Å²) >= 11 is 1.55. The topological polar surface area (TPSA) is 60.2 Å². The number of hydrogen-bond donors (Lipinski definition) is 0. The van der Waals surface area contributed by atoms with Crippen molar-refractivity contribution < 1.29 is 9.18 Å². The molecule has 33 heavy (non-hydrogen) atoms. The molecule has 2 heterocycles. The lowest BCUT2D eigenvalue weighted by molar-refractivity contribution is 0.0962. The summed E-state index contributed by atoms with van der Waals surface area (Å²) in [5.74, 6) is 0.965. The fourth-order valence-electron chi connectivity index (χ4n) is 4.46. The number of ketones is 1. The first-order valence-electron chi connectivity index (χ1n) is 10.8. The summed E-state index contributed by atoms with van der Waals surface area (Å²) in [5.41, 5.74) is 3.49. The lowest BCUT2D eigenvalue weighted by Crippen LogP contribution is -2.21. The summed E-state index contributed by atoms with van der Waals surface area (Å²) in [6.07, 6.45) is 2.74. The van der Waals surface area contributed by atoms with Crippen molar-refractivity contribution in [1.82, 2.24) is 19.6 Å². The molecule has 1 atom stereocenters. The van der Waals surface area contributed by atoms with Gasteiger partial charge in [-0.2, -0.15) is 4.98 Å². The van der Waals surface area contributed by atoms with Crippen LogP contribution in [0.1, 0.15) is 39.5 Å². The molecule has 162 valence electrons. The molecule has 5 nitrogen and oxygen atoms in total. The Labute approximate surface area is 193 Å². The van der Waals surface area contributed by atoms with Crippen LogP contribution in [0.3, 0.4) is 0 Å². The van der Waals surface area contributed by atoms with Crippen molar-refractivity contribution in [1.29, 1.82) is 0 Å². The van der Waals surface area contributed by atoms with Gasteiger partial charge in [-0.05, 0) is 46.4 Å². The van der Waals surface area contributed by atoms with E-state index in [2.05, 4.69) is 45.4 Å². The second kappa shape index (κ2) is 8.08. The number of fused-ring (bicyclic) bond motifs is 3. The predicted octanol–water partition coefficient (Wildman–Crippen LogP) is 5.62. The van der Waals surface area contributed by atoms with Crippen molar-refractivity contribution in [2.24, 2.45) is 0 Å². The van der Waals surface area contributed by atoms with Gasteiger partial charge in [-0.15, -0.1) is 5.10 Å². The number of thioether (sulfide) groups is 1. The summed E-state index contributed by atoms with van der Waals surface area (Å²) in [6, 6.07) is 21.0. The van der Waals surface area contributed by atoms with Crippen LogP contribution in [0.25, 0.3) is 16.6 Å². The van der Waals surface area contributed by atoms with Crippen LogP contribution >= 0.6 is 11.8 Å². The Morgan fingerprint density at radius 2 is 1.79 bits per heavy atom. The quantitative estimate of drug-likeness (QED) is 0.330. The van der Waals surface area contributed by atoms with Crippen LogP contribution in [0, 0.1) is 5.82 Å². The van der Waals surface area contributed by atoms with Crippen LogP contribution in [-0.4, -0.2) is 25.4 Å². The second-order valence-corrected chi connectivity index (χ2v) is 9.19. The van der Waals surface area contributed by atoms with Gasteiger partial charge in [-0.1, -0.05) is 66.4 Å². The molecular formula is C26H19FN4OS. The van der Waals surface area contributed by atoms with E-state index >= 15 is 0 Å². The molecule has 0 unspecified atom stereocenters. The van der Waals surface area contributed by atoms with Crippen molar-refractivity contribution in [3.05, 3.63) is 101 Å². The van der Waals surface area contributed by atoms with Gasteiger partial charge in [-0.25, -0.2) is 13.9 Å². The summed E-state index contributed by atoms with van der Waals surface area (Å²) in [5, 5.41) is 7.61. The Morgan fingerprint density at radius 1 is 0.970 bits per heavy atom. The van der Waals surface area contributed by atoms with E-state index in [-0.39, 0.29) is 17.5 Å². The Kier molecular flexibility index (Phi) is 4.91. The standard InChI is InChI=1S/C26H19FN4OS/c27-20-10-8-16(9-11-20)19-12-23-22(24(32)13-19)14-31-25(28-23)29-26(30-31)33-15-18-6-3-5-17-4-1-2-7-21(17)18/h1-11,14,19H,12-13,15H2/t19-/m1/s1. The SMILES string of the molecule is O=C1C[C@H](c2ccc(F)cc2)Cc2nc3nc(SCc4cccc5ccccc45)nn3cc21. The molecule has 6 rings (SSSR count). The molecule has 7 heteroatoms. The monoisotopic (exact) mass is 454 g/mol. The number of benzene rings is 3. The predicted molar refractivity (Wildman–Crippen MR) is 126 cm³/mol. The average molecular weight is 455 g/mol. The molecule has 0 aliphatic heterocycles. The Balaban J connectivity index is 1.27. The third-order valence-electron chi connectivity index (χ3n) is 6.14. The summed E-state index contributed by atoms with van der Waals surface area (Å²) in [7, 11) is 0. The summed E-state index contributed by atoms with van der Waals surface area (Å²) in [4.78, 5) is 22.1. The van der Waals surface area contributed by atoms with Crippen LogP contribution in [-0.2, 0) is 12.2 Å². The molecule has 2 aromatic heterocycles. The molecule has 0 bridgehead atoms. The summed E-state index contributed by atoms with van der Waals surface area (Å²) < 4.78 is 14.9. The van der Waals surface area contributed by atoms with E-state index in [0.29, 0.717) is 29.3 Å². The molecule has 0 amide bonds. The van der Waals surface area contributed by atoms with Gasteiger partial charge in [0.15, 0.2) is 5.78 Å². The van der Waals surface area contributed by atoms with Gasteiger partial charge >= 0.3 is 0 Å². The zero-order valence-corrected chi connectivity index (χ0v) is 18.4. The first-order valence-corrected chi connectivity index (χ1v) is 11.8. The molecule has 5 aromatic rings. The van der Waals surface area contributed by atoms with Crippen molar-refractivity contribution in [3.63, 3.8) is 0 Å². The van der Waals surface area contributed by atoms with Crippen molar-refractivity contribution >= 4 is 34.1 Å². The van der Waals surface area contributed by atoms with Crippen LogP contribution in [0.5, 0.6) is 0 Å². The van der Waals surface area contributed by atoms with Gasteiger partial charge in [0.05, 0.1) is 11.3 Å². The third-order valence-corrected chi connectivity index (χ3v) is 7.03. The van der Waals surface area contributed by atoms with Crippen LogP contribution in [0.4, 0.5) is 4.39 Å². The molecule has 3 aromatic carbocycles. The van der Waals surface area contributed by atoms with Crippen LogP contribution in [0.2, 0.25) is 0 Å². The fourth-order valence-corrected chi connectivity index (χ4v) is 5.29. The van der Waals surface area contributed by atoms with E-state index in [4.69, 9.17) is 0 Å². The van der Waals surface area contributed by atoms with Crippen molar-refractivity contribution in [3.8, 4) is 0 Å². The lowest BCUT2D eigenvalue weighted by Gasteiger charge is -2.23. The number of hydrogen-bond acceptors (Lipinski definition) is 5. The highest BCUT2D eigenvalue weighted by Crippen LogP contribution is 2.32. The average Bonchev–Trinajstić information content (AvgIpc) is 3.24. The Hall–Kier alpha value is -3.58. The van der Waals surface area contributed by atoms with E-state index in [1.54, 1.807) is 34.6 Å². The van der Waals surface area contributed by atoms with Gasteiger partial charge in [0.2, 0.25) is 5.16 Å². The number of carbonyl (C=O) groups excluding carboxylic acids is 1. The number of nitrogens with zero attached hydrogens (tertiary/aromatic N) is 4. The first kappa shape index (κ1) is 20.1. The smallest absolute Gasteiger partial charge is 0.253 e. The molecule has 1 aliphatic rings. The first-order chi connectivity index (χ1) is 16.1. The van der Waals surface area contributed by atoms with E-state index in [1.807, 2.05) is 12.1 Å². The minimum Gasteiger partial charge on any atom is -0.294 e. The largest absolute Gasteiger partial charge is 0.294 e. The third kappa shape index (κ3) is 3.78. The molecule has 0 saturated carbocycles. The maximum absolute atomic E-state index is 13.3. The molecule has 0 fully saturated rings. The number of aromatic nitrogens is 4. The molecule has 0 spiro atoms. The highest BCUT2D eigenvalue weighted by atomic mass is 32.2. The molecule has 1 aliphatic carbocycles. The molecule has 0 saturated heterocycles. The van der Waals surface area contributed by atoms with E-state index in [0.717, 1.165) is 17.0 Å². The molecule has 0 N–H and O–H groups in total. The van der Waals surface area contributed by atoms with Crippen LogP contribution in [0.15, 0.2) is 78.1 Å². The van der Waals surface area contributed by atoms with Gasteiger partial charge in [0.25, 0.3) is 5.78 Å². The highest BCUT2D eigenvalue weighted by Gasteiger charge is 2.28. The minimum absolute atomic E-state index is 0.0105. The number of carbonyl (C=O) groups is 1. The minimum atomic E-state index is -0.280. The van der Waals surface area contributed by atoms with Gasteiger partial charge in [-0.3, -0.25) is 4.79 Å².